The van der Waals surface area contributed by atoms with Gasteiger partial charge in [-0.3, -0.25) is 9.59 Å². The minimum absolute atomic E-state index is 0.0139. The number of aromatic nitrogens is 1. The Kier molecular flexibility index (Phi) is 9.70. The average Bonchev–Trinajstić information content (AvgIpc) is 3.28. The van der Waals surface area contributed by atoms with Gasteiger partial charge in [-0.15, -0.1) is 0 Å². The van der Waals surface area contributed by atoms with Crippen LogP contribution in [0, 0.1) is 5.82 Å². The minimum Gasteiger partial charge on any atom is -0.393 e. The summed E-state index contributed by atoms with van der Waals surface area (Å²) in [6.45, 7) is 4.31. The molecule has 5 N–H and O–H groups in total. The number of amides is 2. The van der Waals surface area contributed by atoms with Gasteiger partial charge in [-0.25, -0.2) is 4.39 Å². The number of hydrogen-bond donors (Lipinski definition) is 4. The van der Waals surface area contributed by atoms with Gasteiger partial charge in [0.1, 0.15) is 5.82 Å². The van der Waals surface area contributed by atoms with Crippen LogP contribution in [0.15, 0.2) is 84.9 Å². The molecule has 0 unspecified atom stereocenters. The lowest BCUT2D eigenvalue weighted by molar-refractivity contribution is -0.120. The molecule has 2 atom stereocenters. The molecule has 3 aromatic carbocycles. The van der Waals surface area contributed by atoms with Crippen molar-refractivity contribution < 1.29 is 24.2 Å². The van der Waals surface area contributed by atoms with Crippen LogP contribution in [0.1, 0.15) is 55.1 Å². The Morgan fingerprint density at radius 3 is 2.07 bits per heavy atom. The lowest BCUT2D eigenvalue weighted by Gasteiger charge is -2.20. The van der Waals surface area contributed by atoms with Gasteiger partial charge < -0.3 is 25.8 Å². The van der Waals surface area contributed by atoms with Crippen LogP contribution in [0.4, 0.5) is 10.1 Å². The highest BCUT2D eigenvalue weighted by atomic mass is 19.1. The van der Waals surface area contributed by atoms with Crippen molar-refractivity contribution in [3.8, 4) is 22.4 Å². The highest BCUT2D eigenvalue weighted by Crippen LogP contribution is 2.42. The fourth-order valence-corrected chi connectivity index (χ4v) is 5.23. The number of carbonyl (C=O) groups is 2. The number of carbonyl (C=O) groups excluding carboxylic acids is 2. The third-order valence-electron chi connectivity index (χ3n) is 6.96. The molecule has 0 aliphatic heterocycles. The Morgan fingerprint density at radius 1 is 0.878 bits per heavy atom. The van der Waals surface area contributed by atoms with Crippen molar-refractivity contribution in [1.29, 1.82) is 0 Å². The van der Waals surface area contributed by atoms with Crippen molar-refractivity contribution in [3.05, 3.63) is 102 Å². The zero-order valence-corrected chi connectivity index (χ0v) is 23.3. The maximum atomic E-state index is 14.1. The van der Waals surface area contributed by atoms with Gasteiger partial charge in [0, 0.05) is 23.5 Å². The van der Waals surface area contributed by atoms with Crippen LogP contribution in [0.2, 0.25) is 0 Å². The number of anilines is 1. The van der Waals surface area contributed by atoms with E-state index in [1.807, 2.05) is 79.1 Å². The highest BCUT2D eigenvalue weighted by molar-refractivity contribution is 6.12. The molecule has 1 heterocycles. The molecule has 0 fully saturated rings. The Hall–Kier alpha value is -4.27. The molecule has 8 heteroatoms. The SMILES string of the molecule is CC(C)c1c(C(=O)Nc2ccccc2)c(-c2ccccc2)c(-c2ccc(F)cc2)n1CC[C@@H](O)C[C@@H](O)CC(N)=O. The van der Waals surface area contributed by atoms with Crippen LogP contribution in [0.3, 0.4) is 0 Å². The van der Waals surface area contributed by atoms with Gasteiger partial charge in [-0.2, -0.15) is 0 Å². The van der Waals surface area contributed by atoms with Gasteiger partial charge >= 0.3 is 0 Å². The van der Waals surface area contributed by atoms with Crippen molar-refractivity contribution in [1.82, 2.24) is 4.57 Å². The van der Waals surface area contributed by atoms with Gasteiger partial charge in [0.05, 0.1) is 29.9 Å². The lowest BCUT2D eigenvalue weighted by Crippen LogP contribution is -2.25. The quantitative estimate of drug-likeness (QED) is 0.178. The standard InChI is InChI=1S/C33H36FN3O4/c1-21(2)31-30(33(41)36-25-11-7-4-8-12-25)29(22-9-5-3-6-10-22)32(23-13-15-24(34)16-14-23)37(31)18-17-26(38)19-27(39)20-28(35)40/h3-16,21,26-27,38-39H,17-20H2,1-2H3,(H2,35,40)(H,36,41)/t26-,27-/m1/s1. The number of primary amides is 1. The summed E-state index contributed by atoms with van der Waals surface area (Å²) >= 11 is 0. The van der Waals surface area contributed by atoms with Crippen LogP contribution in [0.25, 0.3) is 22.4 Å². The normalized spacial score (nSPS) is 12.7. The van der Waals surface area contributed by atoms with Crippen molar-refractivity contribution >= 4 is 17.5 Å². The molecule has 0 saturated carbocycles. The van der Waals surface area contributed by atoms with Gasteiger partial charge in [-0.05, 0) is 66.3 Å². The molecule has 7 nitrogen and oxygen atoms in total. The molecule has 214 valence electrons. The number of hydrogen-bond acceptors (Lipinski definition) is 4. The molecule has 0 saturated heterocycles. The third kappa shape index (κ3) is 7.28. The number of rotatable bonds is 12. The van der Waals surface area contributed by atoms with Crippen LogP contribution in [0.5, 0.6) is 0 Å². The predicted octanol–water partition coefficient (Wildman–Crippen LogP) is 5.71. The van der Waals surface area contributed by atoms with E-state index < -0.39 is 18.1 Å². The first-order valence-corrected chi connectivity index (χ1v) is 13.7. The van der Waals surface area contributed by atoms with E-state index >= 15 is 0 Å². The van der Waals surface area contributed by atoms with Crippen LogP contribution in [-0.4, -0.2) is 38.8 Å². The topological polar surface area (TPSA) is 118 Å². The van der Waals surface area contributed by atoms with E-state index in [-0.39, 0.29) is 36.9 Å². The number of benzene rings is 3. The monoisotopic (exact) mass is 557 g/mol. The Bertz CT molecular complexity index is 1470. The van der Waals surface area contributed by atoms with Crippen molar-refractivity contribution in [3.63, 3.8) is 0 Å². The smallest absolute Gasteiger partial charge is 0.258 e. The number of nitrogens with two attached hydrogens (primary N) is 1. The summed E-state index contributed by atoms with van der Waals surface area (Å²) in [5.41, 5.74) is 10.1. The summed E-state index contributed by atoms with van der Waals surface area (Å²) in [6.07, 6.45) is -1.98. The van der Waals surface area contributed by atoms with E-state index in [9.17, 15) is 24.2 Å². The molecule has 1 aromatic heterocycles. The van der Waals surface area contributed by atoms with Crippen LogP contribution < -0.4 is 11.1 Å². The zero-order chi connectivity index (χ0) is 29.5. The Balaban J connectivity index is 1.89. The largest absolute Gasteiger partial charge is 0.393 e. The average molecular weight is 558 g/mol. The predicted molar refractivity (Wildman–Crippen MR) is 159 cm³/mol. The maximum absolute atomic E-state index is 14.1. The molecule has 0 aliphatic rings. The number of nitrogens with one attached hydrogen (secondary N) is 1. The number of aliphatic hydroxyl groups excluding tert-OH is 2. The van der Waals surface area contributed by atoms with Gasteiger partial charge in [0.2, 0.25) is 5.91 Å². The molecule has 0 spiro atoms. The van der Waals surface area contributed by atoms with Gasteiger partial charge in [-0.1, -0.05) is 62.4 Å². The Morgan fingerprint density at radius 2 is 1.49 bits per heavy atom. The molecular weight excluding hydrogens is 521 g/mol. The highest BCUT2D eigenvalue weighted by Gasteiger charge is 2.31. The Labute approximate surface area is 239 Å². The van der Waals surface area contributed by atoms with E-state index in [1.165, 1.54) is 12.1 Å². The molecule has 4 rings (SSSR count). The molecule has 2 amide bonds. The first-order chi connectivity index (χ1) is 19.7. The molecule has 0 radical (unpaired) electrons. The summed E-state index contributed by atoms with van der Waals surface area (Å²) in [6, 6.07) is 24.9. The van der Waals surface area contributed by atoms with Crippen molar-refractivity contribution in [2.45, 2.75) is 57.8 Å². The molecule has 0 aliphatic carbocycles. The summed E-state index contributed by atoms with van der Waals surface area (Å²) in [4.78, 5) is 25.3. The number of nitrogens with zero attached hydrogens (tertiary/aromatic N) is 1. The van der Waals surface area contributed by atoms with E-state index in [0.717, 1.165) is 17.0 Å². The zero-order valence-electron chi connectivity index (χ0n) is 23.3. The maximum Gasteiger partial charge on any atom is 0.258 e. The fraction of sp³-hybridized carbons (Fsp3) is 0.273. The third-order valence-corrected chi connectivity index (χ3v) is 6.96. The lowest BCUT2D eigenvalue weighted by atomic mass is 9.94. The van der Waals surface area contributed by atoms with E-state index in [0.29, 0.717) is 28.9 Å². The van der Waals surface area contributed by atoms with Crippen molar-refractivity contribution in [2.24, 2.45) is 5.73 Å². The second-order valence-corrected chi connectivity index (χ2v) is 10.5. The van der Waals surface area contributed by atoms with E-state index in [1.54, 1.807) is 12.1 Å². The first kappa shape index (κ1) is 29.7. The summed E-state index contributed by atoms with van der Waals surface area (Å²) < 4.78 is 16.0. The number of halogens is 1. The van der Waals surface area contributed by atoms with Gasteiger partial charge in [0.25, 0.3) is 5.91 Å². The van der Waals surface area contributed by atoms with Crippen molar-refractivity contribution in [2.75, 3.05) is 5.32 Å². The molecule has 4 aromatic rings. The number of para-hydroxylation sites is 1. The summed E-state index contributed by atoms with van der Waals surface area (Å²) in [7, 11) is 0. The summed E-state index contributed by atoms with van der Waals surface area (Å²) in [5, 5.41) is 23.9. The molecular formula is C33H36FN3O4. The minimum atomic E-state index is -1.06. The second-order valence-electron chi connectivity index (χ2n) is 10.5. The van der Waals surface area contributed by atoms with E-state index in [2.05, 4.69) is 5.32 Å². The van der Waals surface area contributed by atoms with Crippen LogP contribution >= 0.6 is 0 Å². The molecule has 41 heavy (non-hydrogen) atoms. The first-order valence-electron chi connectivity index (χ1n) is 13.7. The van der Waals surface area contributed by atoms with E-state index in [4.69, 9.17) is 5.73 Å². The number of aliphatic hydroxyl groups is 2. The second kappa shape index (κ2) is 13.4. The fourth-order valence-electron chi connectivity index (χ4n) is 5.23. The molecule has 0 bridgehead atoms. The van der Waals surface area contributed by atoms with Gasteiger partial charge in [0.15, 0.2) is 0 Å². The van der Waals surface area contributed by atoms with Crippen LogP contribution in [-0.2, 0) is 11.3 Å². The summed E-state index contributed by atoms with van der Waals surface area (Å²) in [5.74, 6) is -1.39.